The molecule has 3 aliphatic rings. The second kappa shape index (κ2) is 10.4. The van der Waals surface area contributed by atoms with E-state index in [1.54, 1.807) is 18.7 Å². The molecule has 1 aromatic rings. The van der Waals surface area contributed by atoms with Crippen molar-refractivity contribution in [2.45, 2.75) is 74.1 Å². The Hall–Kier alpha value is -1.18. The number of ether oxygens (including phenoxy) is 1. The Labute approximate surface area is 222 Å². The van der Waals surface area contributed by atoms with E-state index in [2.05, 4.69) is 24.4 Å². The molecule has 1 aromatic carbocycles. The van der Waals surface area contributed by atoms with Crippen molar-refractivity contribution < 1.29 is 14.3 Å². The van der Waals surface area contributed by atoms with Gasteiger partial charge in [0.15, 0.2) is 5.60 Å². The average Bonchev–Trinajstić information content (AvgIpc) is 3.56. The van der Waals surface area contributed by atoms with Crippen LogP contribution in [0.4, 0.5) is 4.79 Å². The standard InChI is InChI=1S/C24H30Cl3N3O3.ClH/c1-15-6-4-5-7-16(15)14-29(17-8-9-17)21(31)19-11-10-18-12-28-13-20(19)30(18)22(32)33-23(2,3)24(25,26)27;/h4-7,11,17-18,20,28H,8-10,12-14H2,1-3H3;1H. The van der Waals surface area contributed by atoms with Crippen molar-refractivity contribution in [3.8, 4) is 0 Å². The first-order chi connectivity index (χ1) is 15.5. The topological polar surface area (TPSA) is 61.9 Å². The van der Waals surface area contributed by atoms with Gasteiger partial charge in [0, 0.05) is 31.2 Å². The predicted molar refractivity (Wildman–Crippen MR) is 138 cm³/mol. The molecule has 1 saturated heterocycles. The van der Waals surface area contributed by atoms with Crippen LogP contribution >= 0.6 is 47.2 Å². The number of piperazine rings is 1. The highest BCUT2D eigenvalue weighted by molar-refractivity contribution is 6.68. The van der Waals surface area contributed by atoms with Gasteiger partial charge in [-0.1, -0.05) is 65.1 Å². The number of rotatable bonds is 5. The SMILES string of the molecule is Cc1ccccc1CN(C(=O)C1=CCC2CNCC1N2C(=O)OC(C)(C)C(Cl)(Cl)Cl)C1CC1.Cl. The van der Waals surface area contributed by atoms with Crippen LogP contribution in [0.5, 0.6) is 0 Å². The number of benzene rings is 1. The molecule has 1 aliphatic carbocycles. The van der Waals surface area contributed by atoms with E-state index in [0.717, 1.165) is 24.0 Å². The number of nitrogens with one attached hydrogen (secondary N) is 1. The molecule has 2 atom stereocenters. The number of aryl methyl sites for hydroxylation is 1. The lowest BCUT2D eigenvalue weighted by Gasteiger charge is -2.47. The summed E-state index contributed by atoms with van der Waals surface area (Å²) in [5.74, 6) is -0.0219. The Morgan fingerprint density at radius 2 is 1.85 bits per heavy atom. The van der Waals surface area contributed by atoms with Crippen molar-refractivity contribution in [2.24, 2.45) is 0 Å². The van der Waals surface area contributed by atoms with Gasteiger partial charge >= 0.3 is 6.09 Å². The van der Waals surface area contributed by atoms with E-state index in [1.165, 1.54) is 0 Å². The molecule has 2 amide bonds. The van der Waals surface area contributed by atoms with Gasteiger partial charge in [-0.15, -0.1) is 12.4 Å². The smallest absolute Gasteiger partial charge is 0.411 e. The monoisotopic (exact) mass is 549 g/mol. The van der Waals surface area contributed by atoms with Crippen LogP contribution in [0.25, 0.3) is 0 Å². The van der Waals surface area contributed by atoms with Crippen LogP contribution in [0, 0.1) is 6.92 Å². The van der Waals surface area contributed by atoms with Gasteiger partial charge in [-0.25, -0.2) is 4.79 Å². The molecule has 0 aromatic heterocycles. The highest BCUT2D eigenvalue weighted by Gasteiger charge is 2.49. The number of hydrogen-bond donors (Lipinski definition) is 1. The van der Waals surface area contributed by atoms with Crippen LogP contribution in [-0.2, 0) is 16.1 Å². The van der Waals surface area contributed by atoms with Crippen molar-refractivity contribution in [2.75, 3.05) is 13.1 Å². The summed E-state index contributed by atoms with van der Waals surface area (Å²) in [5, 5.41) is 3.35. The molecule has 2 fully saturated rings. The number of carbonyl (C=O) groups is 2. The molecule has 188 valence electrons. The molecule has 2 bridgehead atoms. The maximum atomic E-state index is 13.8. The van der Waals surface area contributed by atoms with E-state index in [9.17, 15) is 9.59 Å². The molecule has 2 aliphatic heterocycles. The zero-order valence-corrected chi connectivity index (χ0v) is 22.6. The first-order valence-corrected chi connectivity index (χ1v) is 12.5. The van der Waals surface area contributed by atoms with Crippen LogP contribution < -0.4 is 5.32 Å². The molecule has 4 rings (SSSR count). The fraction of sp³-hybridized carbons (Fsp3) is 0.583. The fourth-order valence-electron chi connectivity index (χ4n) is 4.42. The highest BCUT2D eigenvalue weighted by Crippen LogP contribution is 2.41. The molecule has 2 unspecified atom stereocenters. The third-order valence-electron chi connectivity index (χ3n) is 6.75. The van der Waals surface area contributed by atoms with Crippen LogP contribution in [-0.4, -0.2) is 62.4 Å². The van der Waals surface area contributed by atoms with Crippen LogP contribution in [0.1, 0.15) is 44.2 Å². The predicted octanol–water partition coefficient (Wildman–Crippen LogP) is 5.17. The average molecular weight is 551 g/mol. The van der Waals surface area contributed by atoms with Crippen molar-refractivity contribution >= 4 is 59.2 Å². The Morgan fingerprint density at radius 3 is 2.47 bits per heavy atom. The molecular weight excluding hydrogens is 520 g/mol. The third kappa shape index (κ3) is 5.62. The quantitative estimate of drug-likeness (QED) is 0.514. The third-order valence-corrected chi connectivity index (χ3v) is 8.11. The van der Waals surface area contributed by atoms with E-state index >= 15 is 0 Å². The Bertz CT molecular complexity index is 959. The fourth-order valence-corrected chi connectivity index (χ4v) is 4.53. The number of halogens is 4. The second-order valence-electron chi connectivity index (χ2n) is 9.60. The molecule has 1 saturated carbocycles. The number of fused-ring (bicyclic) bond motifs is 2. The summed E-state index contributed by atoms with van der Waals surface area (Å²) in [4.78, 5) is 30.6. The summed E-state index contributed by atoms with van der Waals surface area (Å²) in [7, 11) is 0. The van der Waals surface area contributed by atoms with Crippen LogP contribution in [0.15, 0.2) is 35.9 Å². The Kier molecular flexibility index (Phi) is 8.41. The highest BCUT2D eigenvalue weighted by atomic mass is 35.6. The summed E-state index contributed by atoms with van der Waals surface area (Å²) >= 11 is 18.1. The number of nitrogens with zero attached hydrogens (tertiary/aromatic N) is 2. The summed E-state index contributed by atoms with van der Waals surface area (Å²) in [5.41, 5.74) is 1.59. The summed E-state index contributed by atoms with van der Waals surface area (Å²) in [6.07, 6.45) is 3.99. The molecular formula is C24H31Cl4N3O3. The minimum Gasteiger partial charge on any atom is -0.439 e. The Balaban J connectivity index is 0.00000324. The molecule has 34 heavy (non-hydrogen) atoms. The van der Waals surface area contributed by atoms with E-state index in [0.29, 0.717) is 31.6 Å². The Morgan fingerprint density at radius 1 is 1.18 bits per heavy atom. The summed E-state index contributed by atoms with van der Waals surface area (Å²) in [6.45, 7) is 6.84. The molecule has 0 spiro atoms. The normalized spacial score (nSPS) is 22.4. The number of carbonyl (C=O) groups excluding carboxylic acids is 2. The van der Waals surface area contributed by atoms with Gasteiger partial charge in [0.1, 0.15) is 0 Å². The molecule has 1 N–H and O–H groups in total. The second-order valence-corrected chi connectivity index (χ2v) is 11.9. The van der Waals surface area contributed by atoms with Crippen molar-refractivity contribution in [1.29, 1.82) is 0 Å². The molecule has 10 heteroatoms. The van der Waals surface area contributed by atoms with Crippen molar-refractivity contribution in [1.82, 2.24) is 15.1 Å². The van der Waals surface area contributed by atoms with Gasteiger partial charge in [0.2, 0.25) is 3.79 Å². The number of amides is 2. The van der Waals surface area contributed by atoms with E-state index in [4.69, 9.17) is 39.5 Å². The summed E-state index contributed by atoms with van der Waals surface area (Å²) in [6, 6.07) is 7.81. The van der Waals surface area contributed by atoms with Crippen LogP contribution in [0.2, 0.25) is 0 Å². The van der Waals surface area contributed by atoms with Gasteiger partial charge < -0.3 is 15.0 Å². The number of hydrogen-bond acceptors (Lipinski definition) is 4. The molecule has 2 heterocycles. The molecule has 0 radical (unpaired) electrons. The van der Waals surface area contributed by atoms with Gasteiger partial charge in [-0.05, 0) is 51.2 Å². The molecule has 6 nitrogen and oxygen atoms in total. The van der Waals surface area contributed by atoms with E-state index in [1.807, 2.05) is 23.1 Å². The zero-order valence-electron chi connectivity index (χ0n) is 19.5. The summed E-state index contributed by atoms with van der Waals surface area (Å²) < 4.78 is 3.87. The zero-order chi connectivity index (χ0) is 24.0. The van der Waals surface area contributed by atoms with Gasteiger partial charge in [-0.2, -0.15) is 0 Å². The van der Waals surface area contributed by atoms with Gasteiger partial charge in [-0.3, -0.25) is 9.69 Å². The van der Waals surface area contributed by atoms with Gasteiger partial charge in [0.25, 0.3) is 5.91 Å². The largest absolute Gasteiger partial charge is 0.439 e. The first kappa shape index (κ1) is 27.4. The lowest BCUT2D eigenvalue weighted by atomic mass is 9.91. The van der Waals surface area contributed by atoms with E-state index < -0.39 is 21.5 Å². The maximum absolute atomic E-state index is 13.8. The van der Waals surface area contributed by atoms with Crippen LogP contribution in [0.3, 0.4) is 0 Å². The minimum atomic E-state index is -1.78. The van der Waals surface area contributed by atoms with Crippen molar-refractivity contribution in [3.63, 3.8) is 0 Å². The number of alkyl halides is 3. The van der Waals surface area contributed by atoms with Gasteiger partial charge in [0.05, 0.1) is 12.1 Å². The lowest BCUT2D eigenvalue weighted by Crippen LogP contribution is -2.64. The first-order valence-electron chi connectivity index (χ1n) is 11.3. The van der Waals surface area contributed by atoms with E-state index in [-0.39, 0.29) is 30.4 Å². The maximum Gasteiger partial charge on any atom is 0.411 e. The minimum absolute atomic E-state index is 0. The lowest BCUT2D eigenvalue weighted by molar-refractivity contribution is -0.129. The van der Waals surface area contributed by atoms with Crippen molar-refractivity contribution in [3.05, 3.63) is 47.0 Å².